The molecule has 0 aromatic carbocycles. The largest absolute Gasteiger partial charge is 0.336 e. The average Bonchev–Trinajstić information content (AvgIpc) is 2.61. The molecule has 1 saturated heterocycles. The van der Waals surface area contributed by atoms with Gasteiger partial charge in [-0.2, -0.15) is 0 Å². The van der Waals surface area contributed by atoms with Gasteiger partial charge in [0.2, 0.25) is 10.4 Å². The van der Waals surface area contributed by atoms with E-state index >= 15 is 0 Å². The summed E-state index contributed by atoms with van der Waals surface area (Å²) < 4.78 is 0.430. The Balaban J connectivity index is 2.01. The van der Waals surface area contributed by atoms with Crippen molar-refractivity contribution in [2.24, 2.45) is 5.92 Å². The van der Waals surface area contributed by atoms with Crippen molar-refractivity contribution in [3.63, 3.8) is 0 Å². The van der Waals surface area contributed by atoms with Crippen LogP contribution >= 0.6 is 22.9 Å². The molecule has 1 aromatic heterocycles. The third kappa shape index (κ3) is 2.04. The summed E-state index contributed by atoms with van der Waals surface area (Å²) in [5.74, 6) is 0.648. The Bertz CT molecular complexity index is 354. The highest BCUT2D eigenvalue weighted by Crippen LogP contribution is 2.22. The lowest BCUT2D eigenvalue weighted by Gasteiger charge is -2.12. The molecular formula is C8H10ClN3OS. The number of hydrogen-bond donors (Lipinski definition) is 0. The molecule has 1 atom stereocenters. The number of aromatic nitrogens is 2. The zero-order valence-corrected chi connectivity index (χ0v) is 9.31. The Kier molecular flexibility index (Phi) is 2.69. The van der Waals surface area contributed by atoms with Gasteiger partial charge < -0.3 is 4.90 Å². The van der Waals surface area contributed by atoms with Gasteiger partial charge in [0.05, 0.1) is 6.54 Å². The van der Waals surface area contributed by atoms with Gasteiger partial charge in [-0.25, -0.2) is 0 Å². The minimum atomic E-state index is 0.198. The van der Waals surface area contributed by atoms with Crippen LogP contribution in [0.15, 0.2) is 0 Å². The molecule has 0 saturated carbocycles. The van der Waals surface area contributed by atoms with Crippen LogP contribution in [0, 0.1) is 5.92 Å². The van der Waals surface area contributed by atoms with Crippen molar-refractivity contribution in [3.8, 4) is 0 Å². The van der Waals surface area contributed by atoms with Crippen molar-refractivity contribution in [3.05, 3.63) is 9.47 Å². The summed E-state index contributed by atoms with van der Waals surface area (Å²) in [6.07, 6.45) is 0.645. The first-order chi connectivity index (χ1) is 6.65. The second-order valence-corrected chi connectivity index (χ2v) is 5.18. The quantitative estimate of drug-likeness (QED) is 0.776. The van der Waals surface area contributed by atoms with E-state index in [1.54, 1.807) is 0 Å². The van der Waals surface area contributed by atoms with E-state index in [1.165, 1.54) is 11.3 Å². The molecule has 2 rings (SSSR count). The van der Waals surface area contributed by atoms with Crippen LogP contribution in [0.4, 0.5) is 0 Å². The second-order valence-electron chi connectivity index (χ2n) is 3.53. The van der Waals surface area contributed by atoms with Crippen LogP contribution in [0.25, 0.3) is 0 Å². The van der Waals surface area contributed by atoms with E-state index < -0.39 is 0 Å². The molecular weight excluding hydrogens is 222 g/mol. The molecule has 1 aromatic rings. The van der Waals surface area contributed by atoms with E-state index in [-0.39, 0.29) is 5.91 Å². The van der Waals surface area contributed by atoms with Crippen molar-refractivity contribution < 1.29 is 4.79 Å². The van der Waals surface area contributed by atoms with E-state index in [0.717, 1.165) is 11.6 Å². The van der Waals surface area contributed by atoms with Gasteiger partial charge in [-0.1, -0.05) is 18.3 Å². The van der Waals surface area contributed by atoms with Crippen LogP contribution in [0.2, 0.25) is 4.47 Å². The Morgan fingerprint density at radius 2 is 2.43 bits per heavy atom. The number of hydrogen-bond acceptors (Lipinski definition) is 4. The van der Waals surface area contributed by atoms with Gasteiger partial charge in [0.1, 0.15) is 5.01 Å². The fourth-order valence-corrected chi connectivity index (χ4v) is 2.47. The Morgan fingerprint density at radius 1 is 1.64 bits per heavy atom. The maximum absolute atomic E-state index is 11.4. The lowest BCUT2D eigenvalue weighted by molar-refractivity contribution is -0.128. The van der Waals surface area contributed by atoms with Crippen molar-refractivity contribution in [2.75, 3.05) is 6.54 Å². The van der Waals surface area contributed by atoms with Gasteiger partial charge in [0.25, 0.3) is 0 Å². The number of halogens is 1. The van der Waals surface area contributed by atoms with Gasteiger partial charge in [-0.05, 0) is 17.5 Å². The highest BCUT2D eigenvalue weighted by atomic mass is 35.5. The minimum Gasteiger partial charge on any atom is -0.336 e. The highest BCUT2D eigenvalue weighted by Gasteiger charge is 2.27. The Morgan fingerprint density at radius 3 is 2.93 bits per heavy atom. The van der Waals surface area contributed by atoms with Gasteiger partial charge >= 0.3 is 0 Å². The lowest BCUT2D eigenvalue weighted by atomic mass is 10.2. The maximum Gasteiger partial charge on any atom is 0.223 e. The maximum atomic E-state index is 11.4. The normalized spacial score (nSPS) is 22.0. The summed E-state index contributed by atoms with van der Waals surface area (Å²) in [7, 11) is 0. The van der Waals surface area contributed by atoms with E-state index in [4.69, 9.17) is 11.6 Å². The van der Waals surface area contributed by atoms with E-state index in [2.05, 4.69) is 17.1 Å². The van der Waals surface area contributed by atoms with Gasteiger partial charge in [-0.15, -0.1) is 10.2 Å². The summed E-state index contributed by atoms with van der Waals surface area (Å²) in [4.78, 5) is 13.3. The number of rotatable bonds is 2. The number of carbonyl (C=O) groups is 1. The number of likely N-dealkylation sites (tertiary alicyclic amines) is 1. The second kappa shape index (κ2) is 3.82. The summed E-state index contributed by atoms with van der Waals surface area (Å²) in [5.41, 5.74) is 0. The van der Waals surface area contributed by atoms with Crippen LogP contribution in [0.1, 0.15) is 18.4 Å². The van der Waals surface area contributed by atoms with E-state index in [0.29, 0.717) is 23.4 Å². The van der Waals surface area contributed by atoms with Gasteiger partial charge in [-0.3, -0.25) is 4.79 Å². The zero-order chi connectivity index (χ0) is 10.1. The molecule has 76 valence electrons. The molecule has 0 spiro atoms. The SMILES string of the molecule is CC1CC(=O)N(Cc2nnc(Cl)s2)C1. The predicted molar refractivity (Wildman–Crippen MR) is 54.1 cm³/mol. The molecule has 0 aliphatic carbocycles. The molecule has 6 heteroatoms. The molecule has 1 amide bonds. The monoisotopic (exact) mass is 231 g/mol. The molecule has 1 fully saturated rings. The molecule has 2 heterocycles. The first-order valence-corrected chi connectivity index (χ1v) is 5.60. The van der Waals surface area contributed by atoms with Gasteiger partial charge in [0.15, 0.2) is 0 Å². The predicted octanol–water partition coefficient (Wildman–Crippen LogP) is 1.56. The molecule has 1 aliphatic rings. The van der Waals surface area contributed by atoms with Crippen molar-refractivity contribution in [1.82, 2.24) is 15.1 Å². The van der Waals surface area contributed by atoms with Crippen LogP contribution < -0.4 is 0 Å². The third-order valence-electron chi connectivity index (χ3n) is 2.18. The first kappa shape index (κ1) is 9.86. The molecule has 1 unspecified atom stereocenters. The smallest absolute Gasteiger partial charge is 0.223 e. The van der Waals surface area contributed by atoms with Crippen molar-refractivity contribution in [2.45, 2.75) is 19.9 Å². The van der Waals surface area contributed by atoms with Crippen LogP contribution in [0.5, 0.6) is 0 Å². The average molecular weight is 232 g/mol. The third-order valence-corrected chi connectivity index (χ3v) is 3.18. The Hall–Kier alpha value is -0.680. The van der Waals surface area contributed by atoms with Crippen molar-refractivity contribution in [1.29, 1.82) is 0 Å². The molecule has 1 aliphatic heterocycles. The molecule has 4 nitrogen and oxygen atoms in total. The highest BCUT2D eigenvalue weighted by molar-refractivity contribution is 7.15. The minimum absolute atomic E-state index is 0.198. The summed E-state index contributed by atoms with van der Waals surface area (Å²) in [6.45, 7) is 3.44. The molecule has 0 N–H and O–H groups in total. The van der Waals surface area contributed by atoms with Crippen molar-refractivity contribution >= 4 is 28.8 Å². The zero-order valence-electron chi connectivity index (χ0n) is 7.73. The standard InChI is InChI=1S/C8H10ClN3OS/c1-5-2-7(13)12(3-5)4-6-10-11-8(9)14-6/h5H,2-4H2,1H3. The molecule has 14 heavy (non-hydrogen) atoms. The van der Waals surface area contributed by atoms with Gasteiger partial charge in [0, 0.05) is 13.0 Å². The van der Waals surface area contributed by atoms with Crippen LogP contribution in [0.3, 0.4) is 0 Å². The summed E-state index contributed by atoms with van der Waals surface area (Å²) >= 11 is 6.98. The Labute approximate surface area is 90.9 Å². The summed E-state index contributed by atoms with van der Waals surface area (Å²) in [5, 5.41) is 8.38. The summed E-state index contributed by atoms with van der Waals surface area (Å²) in [6, 6.07) is 0. The molecule has 0 bridgehead atoms. The number of nitrogens with zero attached hydrogens (tertiary/aromatic N) is 3. The van der Waals surface area contributed by atoms with Crippen LogP contribution in [-0.2, 0) is 11.3 Å². The molecule has 0 radical (unpaired) electrons. The van der Waals surface area contributed by atoms with Crippen LogP contribution in [-0.4, -0.2) is 27.5 Å². The topological polar surface area (TPSA) is 46.1 Å². The number of amides is 1. The van der Waals surface area contributed by atoms with E-state index in [9.17, 15) is 4.79 Å². The number of carbonyl (C=O) groups excluding carboxylic acids is 1. The lowest BCUT2D eigenvalue weighted by Crippen LogP contribution is -2.24. The fourth-order valence-electron chi connectivity index (χ4n) is 1.58. The van der Waals surface area contributed by atoms with E-state index in [1.807, 2.05) is 4.90 Å². The first-order valence-electron chi connectivity index (χ1n) is 4.41. The fraction of sp³-hybridized carbons (Fsp3) is 0.625.